The second kappa shape index (κ2) is 10.2. The molecule has 0 aromatic heterocycles. The maximum absolute atomic E-state index is 13.4. The number of aromatic hydroxyl groups is 1. The number of sulfonamides is 1. The molecule has 10 nitrogen and oxygen atoms in total. The van der Waals surface area contributed by atoms with Crippen molar-refractivity contribution in [3.05, 3.63) is 48.0 Å². The fourth-order valence-electron chi connectivity index (χ4n) is 3.58. The van der Waals surface area contributed by atoms with Gasteiger partial charge in [0, 0.05) is 19.2 Å². The van der Waals surface area contributed by atoms with Gasteiger partial charge >= 0.3 is 12.4 Å². The Balaban J connectivity index is 1.86. The van der Waals surface area contributed by atoms with Gasteiger partial charge in [0.15, 0.2) is 11.5 Å². The number of aliphatic hydroxyl groups excluding tert-OH is 1. The average molecular weight is 517 g/mol. The quantitative estimate of drug-likeness (QED) is 0.377. The van der Waals surface area contributed by atoms with Crippen LogP contribution in [0.3, 0.4) is 0 Å². The molecule has 0 unspecified atom stereocenters. The summed E-state index contributed by atoms with van der Waals surface area (Å²) in [5.41, 5.74) is 0.593. The van der Waals surface area contributed by atoms with Crippen molar-refractivity contribution in [2.24, 2.45) is 5.92 Å². The topological polar surface area (TPSA) is 146 Å². The smallest absolute Gasteiger partial charge is 0.508 e. The van der Waals surface area contributed by atoms with E-state index >= 15 is 0 Å². The second-order valence-electron chi connectivity index (χ2n) is 8.49. The lowest BCUT2D eigenvalue weighted by molar-refractivity contribution is -0.286. The largest absolute Gasteiger partial charge is 0.586 e. The van der Waals surface area contributed by atoms with E-state index in [1.54, 1.807) is 26.0 Å². The molecule has 1 amide bonds. The van der Waals surface area contributed by atoms with Crippen molar-refractivity contribution in [3.63, 3.8) is 0 Å². The molecule has 2 aromatic rings. The molecular weight excluding hydrogens is 490 g/mol. The fourth-order valence-corrected chi connectivity index (χ4v) is 5.22. The highest BCUT2D eigenvalue weighted by Gasteiger charge is 2.44. The molecule has 3 rings (SSSR count). The van der Waals surface area contributed by atoms with E-state index in [4.69, 9.17) is 0 Å². The Hall–Kier alpha value is -3.16. The van der Waals surface area contributed by atoms with Crippen LogP contribution in [-0.2, 0) is 16.4 Å². The molecule has 0 fully saturated rings. The second-order valence-corrected chi connectivity index (χ2v) is 10.4. The van der Waals surface area contributed by atoms with Crippen LogP contribution in [-0.4, -0.2) is 65.7 Å². The first kappa shape index (κ1) is 26.4. The minimum atomic E-state index is -4.31. The molecule has 2 aromatic carbocycles. The predicted molar refractivity (Wildman–Crippen MR) is 119 cm³/mol. The monoisotopic (exact) mass is 516 g/mol. The van der Waals surface area contributed by atoms with Crippen molar-refractivity contribution < 1.29 is 46.8 Å². The molecule has 35 heavy (non-hydrogen) atoms. The van der Waals surface area contributed by atoms with E-state index in [-0.39, 0.29) is 35.3 Å². The highest BCUT2D eigenvalue weighted by molar-refractivity contribution is 7.89. The van der Waals surface area contributed by atoms with Crippen LogP contribution in [0.25, 0.3) is 0 Å². The number of halogens is 2. The van der Waals surface area contributed by atoms with Gasteiger partial charge in [-0.3, -0.25) is 0 Å². The molecule has 0 saturated carbocycles. The average Bonchev–Trinajstić information content (AvgIpc) is 3.06. The maximum atomic E-state index is 13.4. The molecule has 4 N–H and O–H groups in total. The number of phenolic OH excluding ortho intramolecular Hbond substituents is 1. The summed E-state index contributed by atoms with van der Waals surface area (Å²) in [4.78, 5) is 11.0. The number of carbonyl (C=O) groups is 1. The zero-order valence-electron chi connectivity index (χ0n) is 18.9. The van der Waals surface area contributed by atoms with Gasteiger partial charge in [-0.2, -0.15) is 4.31 Å². The first-order valence-electron chi connectivity index (χ1n) is 10.6. The van der Waals surface area contributed by atoms with Crippen LogP contribution < -0.4 is 14.8 Å². The molecule has 0 radical (unpaired) electrons. The van der Waals surface area contributed by atoms with Crippen LogP contribution in [0.5, 0.6) is 17.2 Å². The van der Waals surface area contributed by atoms with E-state index in [0.717, 1.165) is 22.5 Å². The van der Waals surface area contributed by atoms with E-state index in [1.165, 1.54) is 12.1 Å². The summed E-state index contributed by atoms with van der Waals surface area (Å²) in [5, 5.41) is 31.7. The molecule has 0 aliphatic carbocycles. The van der Waals surface area contributed by atoms with Crippen LogP contribution in [0, 0.1) is 5.92 Å². The van der Waals surface area contributed by atoms with Crippen LogP contribution >= 0.6 is 0 Å². The summed E-state index contributed by atoms with van der Waals surface area (Å²) in [6.45, 7) is 2.98. The van der Waals surface area contributed by atoms with Crippen molar-refractivity contribution in [1.82, 2.24) is 9.62 Å². The number of nitrogens with zero attached hydrogens (tertiary/aromatic N) is 1. The third-order valence-electron chi connectivity index (χ3n) is 5.14. The van der Waals surface area contributed by atoms with Crippen molar-refractivity contribution >= 4 is 16.1 Å². The zero-order valence-corrected chi connectivity index (χ0v) is 19.7. The number of carboxylic acid groups (broad SMARTS) is 1. The van der Waals surface area contributed by atoms with Crippen LogP contribution in [0.4, 0.5) is 13.6 Å². The maximum Gasteiger partial charge on any atom is 0.586 e. The number of ether oxygens (including phenoxy) is 2. The first-order chi connectivity index (χ1) is 16.3. The van der Waals surface area contributed by atoms with Gasteiger partial charge in [-0.25, -0.2) is 13.2 Å². The summed E-state index contributed by atoms with van der Waals surface area (Å²) >= 11 is 0. The molecule has 2 atom stereocenters. The molecule has 1 aliphatic heterocycles. The van der Waals surface area contributed by atoms with Gasteiger partial charge in [-0.05, 0) is 42.2 Å². The van der Waals surface area contributed by atoms with Gasteiger partial charge < -0.3 is 30.1 Å². The number of alkyl halides is 2. The third kappa shape index (κ3) is 6.71. The SMILES string of the molecule is CC(C)CN(C[C@H](O)[C@H](Cc1ccc(O)cc1)NC(=O)O)S(=O)(=O)c1ccc2c(c1)OC(F)(F)O2. The van der Waals surface area contributed by atoms with Gasteiger partial charge in [-0.15, -0.1) is 8.78 Å². The predicted octanol–water partition coefficient (Wildman–Crippen LogP) is 2.60. The highest BCUT2D eigenvalue weighted by atomic mass is 32.2. The highest BCUT2D eigenvalue weighted by Crippen LogP contribution is 2.42. The Morgan fingerprint density at radius 3 is 2.31 bits per heavy atom. The lowest BCUT2D eigenvalue weighted by Gasteiger charge is -2.30. The molecule has 13 heteroatoms. The van der Waals surface area contributed by atoms with Crippen molar-refractivity contribution in [2.45, 2.75) is 43.6 Å². The summed E-state index contributed by atoms with van der Waals surface area (Å²) in [7, 11) is -4.31. The van der Waals surface area contributed by atoms with E-state index in [9.17, 15) is 37.3 Å². The number of rotatable bonds is 10. The lowest BCUT2D eigenvalue weighted by atomic mass is 10.0. The van der Waals surface area contributed by atoms with Crippen molar-refractivity contribution in [2.75, 3.05) is 13.1 Å². The van der Waals surface area contributed by atoms with Gasteiger partial charge in [0.25, 0.3) is 0 Å². The Morgan fingerprint density at radius 2 is 1.71 bits per heavy atom. The molecule has 1 heterocycles. The molecule has 0 spiro atoms. The van der Waals surface area contributed by atoms with Gasteiger partial charge in [0.2, 0.25) is 10.0 Å². The van der Waals surface area contributed by atoms with Crippen LogP contribution in [0.2, 0.25) is 0 Å². The summed E-state index contributed by atoms with van der Waals surface area (Å²) in [5.74, 6) is -0.936. The third-order valence-corrected chi connectivity index (χ3v) is 6.96. The van der Waals surface area contributed by atoms with E-state index < -0.39 is 46.9 Å². The minimum Gasteiger partial charge on any atom is -0.508 e. The molecular formula is C22H26F2N2O8S. The van der Waals surface area contributed by atoms with Crippen LogP contribution in [0.15, 0.2) is 47.4 Å². The van der Waals surface area contributed by atoms with Crippen molar-refractivity contribution in [1.29, 1.82) is 0 Å². The number of amides is 1. The molecule has 0 saturated heterocycles. The molecule has 1 aliphatic rings. The van der Waals surface area contributed by atoms with Crippen molar-refractivity contribution in [3.8, 4) is 17.2 Å². The number of phenols is 1. The Labute approximate surface area is 200 Å². The number of aliphatic hydroxyl groups is 1. The van der Waals surface area contributed by atoms with Gasteiger partial charge in [0.1, 0.15) is 5.75 Å². The standard InChI is InChI=1S/C22H26F2N2O8S/c1-13(2)11-26(35(31,32)16-7-8-19-20(10-16)34-22(23,24)33-19)12-18(28)17(25-21(29)30)9-14-3-5-15(27)6-4-14/h3-8,10,13,17-18,25,27-28H,9,11-12H2,1-2H3,(H,29,30)/t17-,18-/m0/s1. The normalized spacial score (nSPS) is 16.3. The number of hydrogen-bond acceptors (Lipinski definition) is 7. The number of benzene rings is 2. The molecule has 0 bridgehead atoms. The first-order valence-corrected chi connectivity index (χ1v) is 12.1. The lowest BCUT2D eigenvalue weighted by Crippen LogP contribution is -2.50. The fraction of sp³-hybridized carbons (Fsp3) is 0.409. The zero-order chi connectivity index (χ0) is 26.0. The summed E-state index contributed by atoms with van der Waals surface area (Å²) in [6, 6.07) is 7.85. The van der Waals surface area contributed by atoms with Crippen LogP contribution in [0.1, 0.15) is 19.4 Å². The number of fused-ring (bicyclic) bond motifs is 1. The number of nitrogens with one attached hydrogen (secondary N) is 1. The minimum absolute atomic E-state index is 0.00716. The number of hydrogen-bond donors (Lipinski definition) is 4. The molecule has 192 valence electrons. The Morgan fingerprint density at radius 1 is 1.09 bits per heavy atom. The van der Waals surface area contributed by atoms with Gasteiger partial charge in [0.05, 0.1) is 17.0 Å². The summed E-state index contributed by atoms with van der Waals surface area (Å²) in [6.07, 6.45) is -6.78. The Kier molecular flexibility index (Phi) is 7.72. The Bertz CT molecular complexity index is 1160. The summed E-state index contributed by atoms with van der Waals surface area (Å²) < 4.78 is 63.1. The van der Waals surface area contributed by atoms with E-state index in [0.29, 0.717) is 5.56 Å². The van der Waals surface area contributed by atoms with Gasteiger partial charge in [-0.1, -0.05) is 26.0 Å². The van der Waals surface area contributed by atoms with E-state index in [1.807, 2.05) is 0 Å². The van der Waals surface area contributed by atoms with E-state index in [2.05, 4.69) is 14.8 Å².